The van der Waals surface area contributed by atoms with Crippen molar-refractivity contribution in [2.24, 2.45) is 0 Å². The van der Waals surface area contributed by atoms with Gasteiger partial charge in [0.1, 0.15) is 5.75 Å². The average Bonchev–Trinajstić information content (AvgIpc) is 3.27. The minimum absolute atomic E-state index is 0.0223. The molecule has 2 saturated heterocycles. The number of ether oxygens (including phenoxy) is 1. The van der Waals surface area contributed by atoms with Crippen molar-refractivity contribution in [2.75, 3.05) is 20.2 Å². The molecule has 4 rings (SSSR count). The zero-order chi connectivity index (χ0) is 23.2. The summed E-state index contributed by atoms with van der Waals surface area (Å²) in [5.41, 5.74) is 2.16. The smallest absolute Gasteiger partial charge is 0.237 e. The fourth-order valence-electron chi connectivity index (χ4n) is 4.63. The van der Waals surface area contributed by atoms with Gasteiger partial charge in [-0.1, -0.05) is 35.9 Å². The predicted octanol–water partition coefficient (Wildman–Crippen LogP) is 2.48. The molecule has 0 spiro atoms. The summed E-state index contributed by atoms with van der Waals surface area (Å²) in [5, 5.41) is 10.3. The van der Waals surface area contributed by atoms with E-state index in [2.05, 4.69) is 20.9 Å². The van der Waals surface area contributed by atoms with Gasteiger partial charge in [-0.3, -0.25) is 14.5 Å². The topological polar surface area (TPSA) is 82.7 Å². The predicted molar refractivity (Wildman–Crippen MR) is 128 cm³/mol. The van der Waals surface area contributed by atoms with Crippen molar-refractivity contribution < 1.29 is 14.3 Å². The summed E-state index contributed by atoms with van der Waals surface area (Å²) in [6.45, 7) is 2.59. The highest BCUT2D eigenvalue weighted by molar-refractivity contribution is 6.30. The molecule has 2 aromatic rings. The van der Waals surface area contributed by atoms with Gasteiger partial charge in [0.15, 0.2) is 0 Å². The van der Waals surface area contributed by atoms with Gasteiger partial charge in [-0.25, -0.2) is 0 Å². The van der Waals surface area contributed by atoms with E-state index in [1.165, 1.54) is 0 Å². The third-order valence-corrected chi connectivity index (χ3v) is 6.70. The number of halogens is 1. The quantitative estimate of drug-likeness (QED) is 0.524. The lowest BCUT2D eigenvalue weighted by Crippen LogP contribution is -2.58. The Labute approximate surface area is 199 Å². The molecule has 0 aromatic heterocycles. The Balaban J connectivity index is 1.24. The Bertz CT molecular complexity index is 968. The van der Waals surface area contributed by atoms with Gasteiger partial charge in [0.25, 0.3) is 0 Å². The van der Waals surface area contributed by atoms with E-state index < -0.39 is 0 Å². The van der Waals surface area contributed by atoms with Crippen LogP contribution in [-0.4, -0.2) is 55.0 Å². The molecule has 2 aromatic carbocycles. The molecule has 3 N–H and O–H groups in total. The zero-order valence-electron chi connectivity index (χ0n) is 18.9. The number of hydrogen-bond donors (Lipinski definition) is 3. The molecule has 0 aliphatic carbocycles. The summed E-state index contributed by atoms with van der Waals surface area (Å²) >= 11 is 6.08. The second-order valence-electron chi connectivity index (χ2n) is 8.72. The van der Waals surface area contributed by atoms with Crippen LogP contribution in [0.2, 0.25) is 5.02 Å². The summed E-state index contributed by atoms with van der Waals surface area (Å²) in [4.78, 5) is 27.1. The number of carbonyl (C=O) groups is 2. The van der Waals surface area contributed by atoms with Gasteiger partial charge >= 0.3 is 0 Å². The van der Waals surface area contributed by atoms with Gasteiger partial charge in [-0.15, -0.1) is 0 Å². The van der Waals surface area contributed by atoms with Crippen LogP contribution in [0.3, 0.4) is 0 Å². The van der Waals surface area contributed by atoms with Gasteiger partial charge in [0, 0.05) is 49.7 Å². The van der Waals surface area contributed by atoms with Crippen LogP contribution in [0.15, 0.2) is 48.5 Å². The number of methoxy groups -OCH3 is 1. The Morgan fingerprint density at radius 2 is 2.00 bits per heavy atom. The van der Waals surface area contributed by atoms with E-state index in [1.807, 2.05) is 48.5 Å². The lowest BCUT2D eigenvalue weighted by Gasteiger charge is -2.37. The Kier molecular flexibility index (Phi) is 7.85. The number of benzene rings is 2. The van der Waals surface area contributed by atoms with Gasteiger partial charge in [0.05, 0.1) is 13.2 Å². The summed E-state index contributed by atoms with van der Waals surface area (Å²) in [6, 6.07) is 15.7. The van der Waals surface area contributed by atoms with Crippen molar-refractivity contribution in [3.05, 3.63) is 64.7 Å². The maximum Gasteiger partial charge on any atom is 0.237 e. The summed E-state index contributed by atoms with van der Waals surface area (Å²) < 4.78 is 5.16. The van der Waals surface area contributed by atoms with Crippen LogP contribution in [0.4, 0.5) is 0 Å². The van der Waals surface area contributed by atoms with Crippen LogP contribution in [-0.2, 0) is 22.7 Å². The molecule has 3 atom stereocenters. The third-order valence-electron chi connectivity index (χ3n) is 6.46. The third kappa shape index (κ3) is 6.25. The van der Waals surface area contributed by atoms with Crippen molar-refractivity contribution in [1.82, 2.24) is 20.9 Å². The molecule has 7 nitrogen and oxygen atoms in total. The first-order chi connectivity index (χ1) is 16.0. The fraction of sp³-hybridized carbons (Fsp3) is 0.440. The molecule has 2 aliphatic heterocycles. The maximum atomic E-state index is 12.4. The molecule has 3 unspecified atom stereocenters. The molecule has 2 amide bonds. The van der Waals surface area contributed by atoms with Gasteiger partial charge < -0.3 is 20.7 Å². The minimum atomic E-state index is -0.136. The molecule has 2 fully saturated rings. The van der Waals surface area contributed by atoms with Gasteiger partial charge in [-0.2, -0.15) is 0 Å². The number of piperazine rings is 1. The van der Waals surface area contributed by atoms with Crippen LogP contribution < -0.4 is 20.7 Å². The SMILES string of the molecule is COc1ccc(CNC(=O)CCC2CNC(=O)C3CC(NCc4cccc(Cl)c4)CN23)cc1. The highest BCUT2D eigenvalue weighted by Crippen LogP contribution is 2.26. The van der Waals surface area contributed by atoms with Crippen LogP contribution >= 0.6 is 11.6 Å². The first kappa shape index (κ1) is 23.5. The first-order valence-corrected chi connectivity index (χ1v) is 11.8. The Hall–Kier alpha value is -2.61. The van der Waals surface area contributed by atoms with Crippen LogP contribution in [0.5, 0.6) is 5.75 Å². The zero-order valence-corrected chi connectivity index (χ0v) is 19.6. The monoisotopic (exact) mass is 470 g/mol. The number of carbonyl (C=O) groups excluding carboxylic acids is 2. The van der Waals surface area contributed by atoms with E-state index >= 15 is 0 Å². The van der Waals surface area contributed by atoms with Crippen LogP contribution in [0.25, 0.3) is 0 Å². The van der Waals surface area contributed by atoms with Crippen molar-refractivity contribution in [3.8, 4) is 5.75 Å². The Morgan fingerprint density at radius 3 is 2.76 bits per heavy atom. The summed E-state index contributed by atoms with van der Waals surface area (Å²) in [5.74, 6) is 0.904. The Morgan fingerprint density at radius 1 is 1.18 bits per heavy atom. The summed E-state index contributed by atoms with van der Waals surface area (Å²) in [7, 11) is 1.63. The van der Waals surface area contributed by atoms with Crippen molar-refractivity contribution >= 4 is 23.4 Å². The first-order valence-electron chi connectivity index (χ1n) is 11.4. The molecule has 0 bridgehead atoms. The van der Waals surface area contributed by atoms with E-state index in [1.54, 1.807) is 7.11 Å². The van der Waals surface area contributed by atoms with E-state index in [0.717, 1.165) is 34.9 Å². The van der Waals surface area contributed by atoms with E-state index in [4.69, 9.17) is 16.3 Å². The number of nitrogens with zero attached hydrogens (tertiary/aromatic N) is 1. The second kappa shape index (κ2) is 11.0. The highest BCUT2D eigenvalue weighted by Gasteiger charge is 2.43. The van der Waals surface area contributed by atoms with Crippen molar-refractivity contribution in [2.45, 2.75) is 50.5 Å². The van der Waals surface area contributed by atoms with Crippen molar-refractivity contribution in [1.29, 1.82) is 0 Å². The average molecular weight is 471 g/mol. The number of nitrogens with one attached hydrogen (secondary N) is 3. The standard InChI is InChI=1S/C25H31ClN4O3/c1-33-22-8-5-17(6-9-22)13-28-24(31)10-7-21-15-29-25(32)23-12-20(16-30(21)23)27-14-18-3-2-4-19(26)11-18/h2-6,8-9,11,20-21,23,27H,7,10,12-16H2,1H3,(H,28,31)(H,29,32). The van der Waals surface area contributed by atoms with Crippen molar-refractivity contribution in [3.63, 3.8) is 0 Å². The van der Waals surface area contributed by atoms with E-state index in [0.29, 0.717) is 32.5 Å². The second-order valence-corrected chi connectivity index (χ2v) is 9.15. The van der Waals surface area contributed by atoms with Gasteiger partial charge in [-0.05, 0) is 48.2 Å². The highest BCUT2D eigenvalue weighted by atomic mass is 35.5. The lowest BCUT2D eigenvalue weighted by atomic mass is 10.0. The molecular formula is C25H31ClN4O3. The summed E-state index contributed by atoms with van der Waals surface area (Å²) in [6.07, 6.45) is 1.92. The molecular weight excluding hydrogens is 440 g/mol. The molecule has 33 heavy (non-hydrogen) atoms. The molecule has 0 radical (unpaired) electrons. The van der Waals surface area contributed by atoms with E-state index in [-0.39, 0.29) is 29.9 Å². The number of amides is 2. The fourth-order valence-corrected chi connectivity index (χ4v) is 4.84. The minimum Gasteiger partial charge on any atom is -0.497 e. The number of hydrogen-bond acceptors (Lipinski definition) is 5. The van der Waals surface area contributed by atoms with Gasteiger partial charge in [0.2, 0.25) is 11.8 Å². The number of fused-ring (bicyclic) bond motifs is 1. The normalized spacial score (nSPS) is 22.5. The number of rotatable bonds is 9. The molecule has 2 heterocycles. The molecule has 176 valence electrons. The molecule has 2 aliphatic rings. The van der Waals surface area contributed by atoms with Crippen LogP contribution in [0.1, 0.15) is 30.4 Å². The molecule has 0 saturated carbocycles. The molecule has 8 heteroatoms. The maximum absolute atomic E-state index is 12.4. The largest absolute Gasteiger partial charge is 0.497 e. The van der Waals surface area contributed by atoms with Crippen LogP contribution in [0, 0.1) is 0 Å². The lowest BCUT2D eigenvalue weighted by molar-refractivity contribution is -0.129. The van der Waals surface area contributed by atoms with E-state index in [9.17, 15) is 9.59 Å².